The number of thiophene rings is 1. The van der Waals surface area contributed by atoms with Crippen LogP contribution in [0.1, 0.15) is 41.1 Å². The molecule has 0 spiro atoms. The maximum atomic E-state index is 11.5. The number of rotatable bonds is 7. The second-order valence-electron chi connectivity index (χ2n) is 5.00. The first-order valence-electron chi connectivity index (χ1n) is 6.91. The topological polar surface area (TPSA) is 72.2 Å². The molecule has 2 rings (SSSR count). The van der Waals surface area contributed by atoms with Crippen LogP contribution in [0.25, 0.3) is 0 Å². The summed E-state index contributed by atoms with van der Waals surface area (Å²) in [5, 5.41) is 0. The van der Waals surface area contributed by atoms with Gasteiger partial charge in [0, 0.05) is 21.3 Å². The van der Waals surface area contributed by atoms with Crippen LogP contribution in [-0.4, -0.2) is 25.7 Å². The van der Waals surface area contributed by atoms with Gasteiger partial charge in [0.2, 0.25) is 0 Å². The van der Waals surface area contributed by atoms with Crippen LogP contribution in [0, 0.1) is 0 Å². The van der Waals surface area contributed by atoms with Gasteiger partial charge in [-0.15, -0.1) is 11.3 Å². The van der Waals surface area contributed by atoms with Crippen LogP contribution in [0.4, 0.5) is 0 Å². The number of hydrazine groups is 1. The van der Waals surface area contributed by atoms with E-state index in [9.17, 15) is 8.42 Å². The van der Waals surface area contributed by atoms with Gasteiger partial charge in [0.15, 0.2) is 0 Å². The summed E-state index contributed by atoms with van der Waals surface area (Å²) < 4.78 is 23.0. The van der Waals surface area contributed by atoms with Crippen molar-refractivity contribution >= 4 is 32.9 Å². The van der Waals surface area contributed by atoms with Crippen LogP contribution in [-0.2, 0) is 22.0 Å². The molecule has 20 heavy (non-hydrogen) atoms. The summed E-state index contributed by atoms with van der Waals surface area (Å²) in [5.74, 6) is 8.41. The molecule has 0 fully saturated rings. The Hall–Kier alpha value is -0.0800. The molecule has 0 saturated heterocycles. The molecule has 0 aliphatic carbocycles. The Bertz CT molecular complexity index is 516. The molecule has 1 aromatic rings. The summed E-state index contributed by atoms with van der Waals surface area (Å²) in [6.45, 7) is 1.69. The molecule has 7 heteroatoms. The highest BCUT2D eigenvalue weighted by Crippen LogP contribution is 2.35. The lowest BCUT2D eigenvalue weighted by molar-refractivity contribution is 0.514. The van der Waals surface area contributed by atoms with E-state index in [-0.39, 0.29) is 17.5 Å². The summed E-state index contributed by atoms with van der Waals surface area (Å²) >= 11 is 3.80. The quantitative estimate of drug-likeness (QED) is 0.591. The molecular formula is C13H22N2O2S3. The number of nitrogens with two attached hydrogens (primary N) is 1. The first-order chi connectivity index (χ1) is 9.55. The molecule has 0 saturated carbocycles. The molecule has 114 valence electrons. The molecule has 1 atom stereocenters. The minimum absolute atomic E-state index is 0.0719. The lowest BCUT2D eigenvalue weighted by Gasteiger charge is -2.13. The fourth-order valence-corrected chi connectivity index (χ4v) is 5.67. The third kappa shape index (κ3) is 4.21. The van der Waals surface area contributed by atoms with Crippen LogP contribution < -0.4 is 11.3 Å². The Morgan fingerprint density at radius 1 is 1.50 bits per heavy atom. The van der Waals surface area contributed by atoms with E-state index >= 15 is 0 Å². The zero-order chi connectivity index (χ0) is 14.6. The predicted molar refractivity (Wildman–Crippen MR) is 87.8 cm³/mol. The van der Waals surface area contributed by atoms with E-state index in [1.165, 1.54) is 21.1 Å². The van der Waals surface area contributed by atoms with Gasteiger partial charge in [0.1, 0.15) is 9.84 Å². The van der Waals surface area contributed by atoms with Crippen molar-refractivity contribution in [1.82, 2.24) is 5.43 Å². The fourth-order valence-electron chi connectivity index (χ4n) is 2.30. The van der Waals surface area contributed by atoms with E-state index in [2.05, 4.69) is 11.5 Å². The summed E-state index contributed by atoms with van der Waals surface area (Å²) in [6.07, 6.45) is 2.57. The van der Waals surface area contributed by atoms with Gasteiger partial charge >= 0.3 is 0 Å². The average molecular weight is 335 g/mol. The number of nitrogens with one attached hydrogen (secondary N) is 1. The minimum atomic E-state index is -2.88. The zero-order valence-electron chi connectivity index (χ0n) is 11.7. The third-order valence-electron chi connectivity index (χ3n) is 3.58. The molecule has 0 bridgehead atoms. The van der Waals surface area contributed by atoms with Crippen LogP contribution in [0.15, 0.2) is 6.07 Å². The molecule has 1 aliphatic heterocycles. The van der Waals surface area contributed by atoms with Crippen molar-refractivity contribution in [3.63, 3.8) is 0 Å². The van der Waals surface area contributed by atoms with Gasteiger partial charge in [-0.1, -0.05) is 6.92 Å². The van der Waals surface area contributed by atoms with Crippen molar-refractivity contribution in [2.75, 3.05) is 17.3 Å². The van der Waals surface area contributed by atoms with Crippen molar-refractivity contribution in [1.29, 1.82) is 0 Å². The largest absolute Gasteiger partial charge is 0.271 e. The molecule has 4 nitrogen and oxygen atoms in total. The molecule has 1 unspecified atom stereocenters. The SMILES string of the molecule is CCS(=O)(=O)CCCC(NN)c1cc2c(s1)CCSC2. The second kappa shape index (κ2) is 7.26. The third-order valence-corrected chi connectivity index (χ3v) is 7.73. The van der Waals surface area contributed by atoms with Gasteiger partial charge in [-0.2, -0.15) is 11.8 Å². The Balaban J connectivity index is 1.96. The van der Waals surface area contributed by atoms with Crippen LogP contribution in [0.2, 0.25) is 0 Å². The highest BCUT2D eigenvalue weighted by molar-refractivity contribution is 7.98. The number of hydrogen-bond acceptors (Lipinski definition) is 6. The molecule has 3 N–H and O–H groups in total. The first kappa shape index (κ1) is 16.3. The Labute approximate surface area is 129 Å². The van der Waals surface area contributed by atoms with E-state index in [1.54, 1.807) is 6.92 Å². The number of aryl methyl sites for hydroxylation is 1. The van der Waals surface area contributed by atoms with Crippen LogP contribution in [0.3, 0.4) is 0 Å². The summed E-state index contributed by atoms with van der Waals surface area (Å²) in [7, 11) is -2.88. The molecule has 0 aromatic carbocycles. The van der Waals surface area contributed by atoms with Crippen LogP contribution in [0.5, 0.6) is 0 Å². The van der Waals surface area contributed by atoms with Crippen LogP contribution >= 0.6 is 23.1 Å². The zero-order valence-corrected chi connectivity index (χ0v) is 14.2. The van der Waals surface area contributed by atoms with E-state index in [4.69, 9.17) is 5.84 Å². The van der Waals surface area contributed by atoms with E-state index in [0.717, 1.165) is 18.6 Å². The highest BCUT2D eigenvalue weighted by atomic mass is 32.2. The summed E-state index contributed by atoms with van der Waals surface area (Å²) in [4.78, 5) is 2.72. The number of thioether (sulfide) groups is 1. The maximum absolute atomic E-state index is 11.5. The van der Waals surface area contributed by atoms with Gasteiger partial charge in [0.25, 0.3) is 0 Å². The average Bonchev–Trinajstić information content (AvgIpc) is 2.87. The lowest BCUT2D eigenvalue weighted by Crippen LogP contribution is -2.27. The first-order valence-corrected chi connectivity index (χ1v) is 10.7. The van der Waals surface area contributed by atoms with Crippen molar-refractivity contribution in [3.8, 4) is 0 Å². The van der Waals surface area contributed by atoms with Crippen molar-refractivity contribution < 1.29 is 8.42 Å². The van der Waals surface area contributed by atoms with Gasteiger partial charge in [-0.25, -0.2) is 8.42 Å². The van der Waals surface area contributed by atoms with Gasteiger partial charge < -0.3 is 0 Å². The van der Waals surface area contributed by atoms with Gasteiger partial charge in [-0.05, 0) is 36.6 Å². The summed E-state index contributed by atoms with van der Waals surface area (Å²) in [6, 6.07) is 2.31. The second-order valence-corrected chi connectivity index (χ2v) is 9.74. The normalized spacial score (nSPS) is 16.9. The Morgan fingerprint density at radius 2 is 2.30 bits per heavy atom. The standard InChI is InChI=1S/C13H22N2O2S3/c1-2-20(16,17)7-3-4-11(15-14)13-8-10-9-18-6-5-12(10)19-13/h8,11,15H,2-7,9,14H2,1H3. The minimum Gasteiger partial charge on any atom is -0.271 e. The number of hydrogen-bond donors (Lipinski definition) is 2. The molecule has 0 amide bonds. The molecule has 0 radical (unpaired) electrons. The Kier molecular flexibility index (Phi) is 5.92. The smallest absolute Gasteiger partial charge is 0.150 e. The maximum Gasteiger partial charge on any atom is 0.150 e. The molecule has 1 aromatic heterocycles. The monoisotopic (exact) mass is 334 g/mol. The molecule has 2 heterocycles. The van der Waals surface area contributed by atoms with E-state index in [1.807, 2.05) is 23.1 Å². The number of fused-ring (bicyclic) bond motifs is 1. The highest BCUT2D eigenvalue weighted by Gasteiger charge is 2.19. The lowest BCUT2D eigenvalue weighted by atomic mass is 10.1. The fraction of sp³-hybridized carbons (Fsp3) is 0.692. The molecular weight excluding hydrogens is 312 g/mol. The molecule has 1 aliphatic rings. The Morgan fingerprint density at radius 3 is 2.95 bits per heavy atom. The number of sulfone groups is 1. The van der Waals surface area contributed by atoms with Crippen molar-refractivity contribution in [3.05, 3.63) is 21.4 Å². The van der Waals surface area contributed by atoms with Crippen molar-refractivity contribution in [2.24, 2.45) is 5.84 Å². The predicted octanol–water partition coefficient (Wildman–Crippen LogP) is 2.26. The van der Waals surface area contributed by atoms with E-state index in [0.29, 0.717) is 6.42 Å². The summed E-state index contributed by atoms with van der Waals surface area (Å²) in [5.41, 5.74) is 4.27. The van der Waals surface area contributed by atoms with Crippen molar-refractivity contribution in [2.45, 2.75) is 38.0 Å². The van der Waals surface area contributed by atoms with Gasteiger partial charge in [0.05, 0.1) is 11.8 Å². The van der Waals surface area contributed by atoms with E-state index < -0.39 is 9.84 Å². The van der Waals surface area contributed by atoms with Gasteiger partial charge in [-0.3, -0.25) is 11.3 Å².